The number of alkyl halides is 1. The van der Waals surface area contributed by atoms with Gasteiger partial charge in [-0.2, -0.15) is 0 Å². The minimum atomic E-state index is -0.0742. The van der Waals surface area contributed by atoms with Crippen molar-refractivity contribution < 1.29 is 9.53 Å². The number of hydrogen-bond acceptors (Lipinski definition) is 2. The van der Waals surface area contributed by atoms with Crippen molar-refractivity contribution in [3.05, 3.63) is 0 Å². The van der Waals surface area contributed by atoms with E-state index in [4.69, 9.17) is 16.3 Å². The van der Waals surface area contributed by atoms with Gasteiger partial charge in [-0.25, -0.2) is 0 Å². The van der Waals surface area contributed by atoms with Gasteiger partial charge in [0.1, 0.15) is 0 Å². The summed E-state index contributed by atoms with van der Waals surface area (Å²) in [5.41, 5.74) is 0. The first kappa shape index (κ1) is 15.7. The predicted molar refractivity (Wildman–Crippen MR) is 67.8 cm³/mol. The van der Waals surface area contributed by atoms with E-state index >= 15 is 0 Å². The fourth-order valence-electron chi connectivity index (χ4n) is 1.62. The number of halogens is 1. The number of methoxy groups -OCH3 is 1. The Hall–Kier alpha value is -0.280. The Morgan fingerprint density at radius 1 is 1.44 bits per heavy atom. The van der Waals surface area contributed by atoms with Crippen LogP contribution in [0, 0.1) is 5.92 Å². The molecule has 16 heavy (non-hydrogen) atoms. The molecular formula is C12H24ClNO2. The van der Waals surface area contributed by atoms with Crippen LogP contribution in [0.3, 0.4) is 0 Å². The molecule has 0 spiro atoms. The summed E-state index contributed by atoms with van der Waals surface area (Å²) >= 11 is 5.75. The van der Waals surface area contributed by atoms with E-state index in [0.29, 0.717) is 12.5 Å². The van der Waals surface area contributed by atoms with Gasteiger partial charge in [0.25, 0.3) is 0 Å². The second-order valence-electron chi connectivity index (χ2n) is 4.06. The van der Waals surface area contributed by atoms with Crippen molar-refractivity contribution >= 4 is 17.5 Å². The van der Waals surface area contributed by atoms with E-state index in [2.05, 4.69) is 12.2 Å². The molecule has 0 radical (unpaired) electrons. The van der Waals surface area contributed by atoms with Crippen molar-refractivity contribution in [1.82, 2.24) is 5.32 Å². The number of rotatable bonds is 9. The molecule has 2 atom stereocenters. The van der Waals surface area contributed by atoms with Gasteiger partial charge >= 0.3 is 0 Å². The number of nitrogens with one attached hydrogen (secondary N) is 1. The third kappa shape index (κ3) is 6.33. The molecule has 0 aromatic rings. The normalized spacial score (nSPS) is 14.5. The number of carbonyl (C=O) groups is 1. The first-order chi connectivity index (χ1) is 7.69. The molecule has 1 N–H and O–H groups in total. The quantitative estimate of drug-likeness (QED) is 0.638. The van der Waals surface area contributed by atoms with Crippen LogP contribution in [0.2, 0.25) is 0 Å². The van der Waals surface area contributed by atoms with Gasteiger partial charge < -0.3 is 10.1 Å². The Bertz CT molecular complexity index is 188. The van der Waals surface area contributed by atoms with Crippen LogP contribution in [0.25, 0.3) is 0 Å². The van der Waals surface area contributed by atoms with Crippen LogP contribution in [0.5, 0.6) is 0 Å². The van der Waals surface area contributed by atoms with Gasteiger partial charge in [-0.05, 0) is 12.8 Å². The summed E-state index contributed by atoms with van der Waals surface area (Å²) < 4.78 is 4.99. The van der Waals surface area contributed by atoms with E-state index in [1.807, 2.05) is 6.92 Å². The molecule has 0 fully saturated rings. The van der Waals surface area contributed by atoms with Crippen molar-refractivity contribution in [1.29, 1.82) is 0 Å². The average Bonchev–Trinajstić information content (AvgIpc) is 2.29. The van der Waals surface area contributed by atoms with E-state index < -0.39 is 0 Å². The van der Waals surface area contributed by atoms with Gasteiger partial charge in [0, 0.05) is 18.9 Å². The first-order valence-electron chi connectivity index (χ1n) is 6.04. The molecule has 96 valence electrons. The Morgan fingerprint density at radius 3 is 2.56 bits per heavy atom. The monoisotopic (exact) mass is 249 g/mol. The van der Waals surface area contributed by atoms with Gasteiger partial charge in [0.2, 0.25) is 5.91 Å². The maximum atomic E-state index is 11.9. The molecule has 0 aliphatic rings. The summed E-state index contributed by atoms with van der Waals surface area (Å²) in [5, 5.41) is 2.93. The highest BCUT2D eigenvalue weighted by Gasteiger charge is 2.18. The zero-order valence-corrected chi connectivity index (χ0v) is 11.3. The van der Waals surface area contributed by atoms with Crippen LogP contribution in [-0.4, -0.2) is 31.5 Å². The maximum absolute atomic E-state index is 11.9. The lowest BCUT2D eigenvalue weighted by molar-refractivity contribution is -0.126. The summed E-state index contributed by atoms with van der Waals surface area (Å²) in [7, 11) is 1.61. The number of ether oxygens (including phenoxy) is 1. The molecular weight excluding hydrogens is 226 g/mol. The van der Waals surface area contributed by atoms with Gasteiger partial charge in [-0.3, -0.25) is 4.79 Å². The highest BCUT2D eigenvalue weighted by atomic mass is 35.5. The number of carbonyl (C=O) groups excluding carboxylic acids is 1. The Labute approximate surface area is 104 Å². The van der Waals surface area contributed by atoms with Gasteiger partial charge in [0.05, 0.1) is 12.6 Å². The third-order valence-electron chi connectivity index (χ3n) is 2.67. The third-order valence-corrected chi connectivity index (χ3v) is 3.04. The molecule has 2 unspecified atom stereocenters. The SMILES string of the molecule is CCCCC(CC)C(=O)NC(CCl)COC. The van der Waals surface area contributed by atoms with Gasteiger partial charge in [0.15, 0.2) is 0 Å². The summed E-state index contributed by atoms with van der Waals surface area (Å²) in [6.45, 7) is 4.66. The van der Waals surface area contributed by atoms with Crippen molar-refractivity contribution in [2.45, 2.75) is 45.6 Å². The molecule has 0 saturated carbocycles. The molecule has 0 aliphatic carbocycles. The second-order valence-corrected chi connectivity index (χ2v) is 4.37. The van der Waals surface area contributed by atoms with Crippen LogP contribution >= 0.6 is 11.6 Å². The first-order valence-corrected chi connectivity index (χ1v) is 6.58. The molecule has 0 aromatic carbocycles. The molecule has 1 amide bonds. The Morgan fingerprint density at radius 2 is 2.12 bits per heavy atom. The minimum Gasteiger partial charge on any atom is -0.383 e. The smallest absolute Gasteiger partial charge is 0.223 e. The van der Waals surface area contributed by atoms with Crippen molar-refractivity contribution in [3.63, 3.8) is 0 Å². The summed E-state index contributed by atoms with van der Waals surface area (Å²) in [5.74, 6) is 0.616. The second kappa shape index (κ2) is 9.91. The zero-order valence-electron chi connectivity index (χ0n) is 10.6. The molecule has 4 heteroatoms. The highest BCUT2D eigenvalue weighted by molar-refractivity contribution is 6.18. The van der Waals surface area contributed by atoms with Crippen LogP contribution in [0.1, 0.15) is 39.5 Å². The van der Waals surface area contributed by atoms with Gasteiger partial charge in [-0.15, -0.1) is 11.6 Å². The molecule has 0 saturated heterocycles. The van der Waals surface area contributed by atoms with Crippen molar-refractivity contribution in [2.24, 2.45) is 5.92 Å². The lowest BCUT2D eigenvalue weighted by Crippen LogP contribution is -2.42. The molecule has 0 aromatic heterocycles. The van der Waals surface area contributed by atoms with Gasteiger partial charge in [-0.1, -0.05) is 26.7 Å². The fourth-order valence-corrected chi connectivity index (χ4v) is 1.78. The number of unbranched alkanes of at least 4 members (excludes halogenated alkanes) is 1. The molecule has 0 bridgehead atoms. The van der Waals surface area contributed by atoms with Crippen LogP contribution in [0.4, 0.5) is 0 Å². The lowest BCUT2D eigenvalue weighted by atomic mass is 9.98. The van der Waals surface area contributed by atoms with E-state index in [0.717, 1.165) is 25.7 Å². The average molecular weight is 250 g/mol. The topological polar surface area (TPSA) is 38.3 Å². The molecule has 0 aliphatic heterocycles. The summed E-state index contributed by atoms with van der Waals surface area (Å²) in [6, 6.07) is -0.0742. The number of amides is 1. The molecule has 0 heterocycles. The summed E-state index contributed by atoms with van der Waals surface area (Å²) in [4.78, 5) is 11.9. The Kier molecular flexibility index (Phi) is 9.74. The lowest BCUT2D eigenvalue weighted by Gasteiger charge is -2.19. The standard InChI is InChI=1S/C12H24ClNO2/c1-4-6-7-10(5-2)12(15)14-11(8-13)9-16-3/h10-11H,4-9H2,1-3H3,(H,14,15). The van der Waals surface area contributed by atoms with E-state index in [1.165, 1.54) is 0 Å². The van der Waals surface area contributed by atoms with Crippen LogP contribution < -0.4 is 5.32 Å². The number of hydrogen-bond donors (Lipinski definition) is 1. The molecule has 3 nitrogen and oxygen atoms in total. The van der Waals surface area contributed by atoms with Crippen LogP contribution in [0.15, 0.2) is 0 Å². The molecule has 0 rings (SSSR count). The van der Waals surface area contributed by atoms with E-state index in [9.17, 15) is 4.79 Å². The highest BCUT2D eigenvalue weighted by Crippen LogP contribution is 2.12. The minimum absolute atomic E-state index is 0.0742. The van der Waals surface area contributed by atoms with E-state index in [-0.39, 0.29) is 17.9 Å². The summed E-state index contributed by atoms with van der Waals surface area (Å²) in [6.07, 6.45) is 4.07. The largest absolute Gasteiger partial charge is 0.383 e. The zero-order chi connectivity index (χ0) is 12.4. The Balaban J connectivity index is 4.06. The van der Waals surface area contributed by atoms with Crippen molar-refractivity contribution in [3.8, 4) is 0 Å². The van der Waals surface area contributed by atoms with Crippen molar-refractivity contribution in [2.75, 3.05) is 19.6 Å². The maximum Gasteiger partial charge on any atom is 0.223 e. The fraction of sp³-hybridized carbons (Fsp3) is 0.917. The van der Waals surface area contributed by atoms with Crippen LogP contribution in [-0.2, 0) is 9.53 Å². The van der Waals surface area contributed by atoms with E-state index in [1.54, 1.807) is 7.11 Å². The predicted octanol–water partition coefficient (Wildman–Crippen LogP) is 2.57.